The molecular formula is C92H156N14O40. The van der Waals surface area contributed by atoms with E-state index in [0.29, 0.717) is 195 Å². The molecule has 14 N–H and O–H groups in total. The van der Waals surface area contributed by atoms with Gasteiger partial charge in [0, 0.05) is 77.5 Å². The molecule has 0 aromatic heterocycles. The highest BCUT2D eigenvalue weighted by atomic mass is 16.6. The van der Waals surface area contributed by atoms with Crippen molar-refractivity contribution in [1.82, 2.24) is 73.6 Å². The summed E-state index contributed by atoms with van der Waals surface area (Å²) in [4.78, 5) is 239. The molecule has 54 heteroatoms. The van der Waals surface area contributed by atoms with Crippen LogP contribution in [0.15, 0.2) is 24.3 Å². The van der Waals surface area contributed by atoms with E-state index in [0.717, 1.165) is 24.3 Å². The van der Waals surface area contributed by atoms with Gasteiger partial charge < -0.3 is 169 Å². The Bertz CT molecular complexity index is 3590. The lowest BCUT2D eigenvalue weighted by Crippen LogP contribution is -2.66. The maximum absolute atomic E-state index is 14.5. The van der Waals surface area contributed by atoms with Crippen molar-refractivity contribution in [3.8, 4) is 0 Å². The molecule has 10 atom stereocenters. The standard InChI is InChI=1S/C92H156N14O40/c1-65(85(117)101-69(5)91(123)124)97-83(115)67(3)99-87(119)71(15-9-11-23-93-75(109)63-145-61-59-143-57-55-141-53-51-139-49-47-137-45-43-135-41-39-133-37-35-131-33-31-129-29-27-127-7)103-73(107)17-13-25-95-89(121)81(105-77(111)19-20-78(105)112)82(106-79(113)21-22-80(106)114)90(122)96-26-14-18-74(108)104-72(88(120)100-68(4)84(116)98-66(2)86(118)102-70(6)92(125)126)16-10-12-24-94-76(110)64-146-62-60-144-58-56-142-54-52-140-50-48-138-46-44-136-42-40-134-38-36-132-34-32-130-30-28-128-8/h19-22,65-72,81-82H,9-18,23-64H2,1-8H3,(H,93,109)(H,94,110)(H,95,121)(H,96,122)(H,97,115)(H,98,116)(H,99,119)(H,100,120)(H,101,117)(H,102,118)(H,103,107)(H,104,108)(H,123,124)(H,125,126)/t65-,66-,67-,68-,69-,70-,71-,72-,81?,82?/m0/s1. The third-order valence-electron chi connectivity index (χ3n) is 20.4. The van der Waals surface area contributed by atoms with Crippen molar-refractivity contribution in [2.24, 2.45) is 0 Å². The monoisotopic (exact) mass is 2100 g/mol. The second kappa shape index (κ2) is 85.5. The summed E-state index contributed by atoms with van der Waals surface area (Å²) in [6.45, 7) is 19.6. The number of rotatable bonds is 97. The number of carboxylic acid groups (broad SMARTS) is 2. The van der Waals surface area contributed by atoms with Crippen LogP contribution in [0, 0.1) is 0 Å². The summed E-state index contributed by atoms with van der Waals surface area (Å²) in [5.41, 5.74) is 0. The normalized spacial score (nSPS) is 14.4. The Hall–Kier alpha value is -10.5. The first-order valence-electron chi connectivity index (χ1n) is 48.8. The van der Waals surface area contributed by atoms with Crippen LogP contribution in [0.2, 0.25) is 0 Å². The van der Waals surface area contributed by atoms with E-state index < -0.39 is 193 Å². The first kappa shape index (κ1) is 132. The van der Waals surface area contributed by atoms with Gasteiger partial charge in [0.05, 0.1) is 238 Å². The molecule has 834 valence electrons. The average molecular weight is 2100 g/mol. The molecule has 0 spiro atoms. The van der Waals surface area contributed by atoms with Gasteiger partial charge in [-0.05, 0) is 92.9 Å². The molecule has 16 amide bonds. The summed E-state index contributed by atoms with van der Waals surface area (Å²) in [5, 5.41) is 48.0. The number of methoxy groups -OCH3 is 2. The number of nitrogens with zero attached hydrogens (tertiary/aromatic N) is 2. The SMILES string of the molecule is COCCOCCOCCOCCOCCOCCOCCOCCOCCOCC(=O)NCCCC[C@H](NC(=O)CCCNC(=O)C(C(C(=O)NCCCC(=O)N[C@@H](CCCCNC(=O)COCCOCCOCCOCCOCCOCCOCCOCCOCCOC)C(=O)N[C@@H](C)C(=O)N[C@@H](C)C(=O)N[C@@H](C)C(=O)O)N1C(=O)C=CC1=O)N1C(=O)C=CC1=O)C(=O)N[C@@H](C)C(=O)N[C@@H](C)C(=O)N[C@@H](C)C(=O)O. The van der Waals surface area contributed by atoms with E-state index in [1.807, 2.05) is 0 Å². The van der Waals surface area contributed by atoms with Gasteiger partial charge in [0.1, 0.15) is 73.6 Å². The molecular weight excluding hydrogens is 1940 g/mol. The van der Waals surface area contributed by atoms with E-state index in [2.05, 4.69) is 63.8 Å². The van der Waals surface area contributed by atoms with Crippen LogP contribution in [0.25, 0.3) is 0 Å². The van der Waals surface area contributed by atoms with Gasteiger partial charge in [-0.15, -0.1) is 0 Å². The Morgan fingerprint density at radius 3 is 0.658 bits per heavy atom. The van der Waals surface area contributed by atoms with E-state index >= 15 is 0 Å². The lowest BCUT2D eigenvalue weighted by Gasteiger charge is -2.35. The van der Waals surface area contributed by atoms with Crippen molar-refractivity contribution in [3.05, 3.63) is 24.3 Å². The Balaban J connectivity index is 2.00. The van der Waals surface area contributed by atoms with Crippen LogP contribution in [0.1, 0.15) is 106 Å². The van der Waals surface area contributed by atoms with Crippen LogP contribution in [0.5, 0.6) is 0 Å². The number of ether oxygens (including phenoxy) is 20. The number of carbonyl (C=O) groups excluding carboxylic acids is 16. The molecule has 54 nitrogen and oxygen atoms in total. The number of aliphatic carboxylic acids is 2. The number of imide groups is 2. The molecule has 0 aliphatic carbocycles. The summed E-state index contributed by atoms with van der Waals surface area (Å²) in [6, 6.07) is -15.2. The fourth-order valence-corrected chi connectivity index (χ4v) is 12.4. The Morgan fingerprint density at radius 1 is 0.240 bits per heavy atom. The number of carboxylic acids is 2. The average Bonchev–Trinajstić information content (AvgIpc) is 1.61. The second-order valence-corrected chi connectivity index (χ2v) is 32.3. The van der Waals surface area contributed by atoms with Crippen molar-refractivity contribution in [2.45, 2.75) is 166 Å². The van der Waals surface area contributed by atoms with Crippen molar-refractivity contribution >= 4 is 106 Å². The molecule has 0 aromatic rings. The van der Waals surface area contributed by atoms with Crippen molar-refractivity contribution in [3.63, 3.8) is 0 Å². The molecule has 0 saturated heterocycles. The third-order valence-corrected chi connectivity index (χ3v) is 20.4. The summed E-state index contributed by atoms with van der Waals surface area (Å²) in [6.07, 6.45) is 2.31. The molecule has 0 bridgehead atoms. The Labute approximate surface area is 849 Å². The highest BCUT2D eigenvalue weighted by Crippen LogP contribution is 2.22. The predicted molar refractivity (Wildman–Crippen MR) is 511 cm³/mol. The summed E-state index contributed by atoms with van der Waals surface area (Å²) in [7, 11) is 3.22. The van der Waals surface area contributed by atoms with Gasteiger partial charge in [0.25, 0.3) is 23.6 Å². The zero-order valence-electron chi connectivity index (χ0n) is 85.2. The largest absolute Gasteiger partial charge is 0.480 e. The van der Waals surface area contributed by atoms with Gasteiger partial charge in [0.2, 0.25) is 70.9 Å². The Kier molecular flexibility index (Phi) is 77.0. The summed E-state index contributed by atoms with van der Waals surface area (Å²) < 4.78 is 108. The second-order valence-electron chi connectivity index (χ2n) is 32.3. The van der Waals surface area contributed by atoms with E-state index in [1.165, 1.54) is 41.5 Å². The highest BCUT2D eigenvalue weighted by molar-refractivity contribution is 6.19. The van der Waals surface area contributed by atoms with Crippen molar-refractivity contribution < 1.29 is 191 Å². The lowest BCUT2D eigenvalue weighted by atomic mass is 10.0. The first-order chi connectivity index (χ1) is 70.3. The first-order valence-corrected chi connectivity index (χ1v) is 48.8. The molecule has 2 rings (SSSR count). The lowest BCUT2D eigenvalue weighted by molar-refractivity contribution is -0.156. The van der Waals surface area contributed by atoms with Crippen LogP contribution in [0.3, 0.4) is 0 Å². The zero-order valence-corrected chi connectivity index (χ0v) is 85.2. The van der Waals surface area contributed by atoms with Crippen molar-refractivity contribution in [1.29, 1.82) is 0 Å². The van der Waals surface area contributed by atoms with Gasteiger partial charge >= 0.3 is 11.9 Å². The van der Waals surface area contributed by atoms with E-state index in [1.54, 1.807) is 14.2 Å². The van der Waals surface area contributed by atoms with Gasteiger partial charge in [-0.2, -0.15) is 0 Å². The number of nitrogens with one attached hydrogen (secondary N) is 12. The topological polar surface area (TPSA) is 683 Å². The molecule has 0 radical (unpaired) electrons. The maximum Gasteiger partial charge on any atom is 0.325 e. The highest BCUT2D eigenvalue weighted by Gasteiger charge is 2.50. The number of amides is 16. The van der Waals surface area contributed by atoms with Gasteiger partial charge in [-0.3, -0.25) is 96.1 Å². The fourth-order valence-electron chi connectivity index (χ4n) is 12.4. The van der Waals surface area contributed by atoms with Gasteiger partial charge in [0.15, 0.2) is 0 Å². The van der Waals surface area contributed by atoms with Gasteiger partial charge in [-0.1, -0.05) is 0 Å². The third kappa shape index (κ3) is 65.3. The molecule has 0 aromatic carbocycles. The molecule has 2 aliphatic heterocycles. The number of carbonyl (C=O) groups is 18. The molecule has 0 fully saturated rings. The minimum atomic E-state index is -2.29. The number of hydrogen-bond acceptors (Lipinski definition) is 38. The van der Waals surface area contributed by atoms with Crippen molar-refractivity contribution in [2.75, 3.05) is 291 Å². The minimum absolute atomic E-state index is 0.0783. The van der Waals surface area contributed by atoms with Crippen LogP contribution in [-0.4, -0.2) is 478 Å². The van der Waals surface area contributed by atoms with Crippen LogP contribution in [0.4, 0.5) is 0 Å². The van der Waals surface area contributed by atoms with E-state index in [4.69, 9.17) is 94.7 Å². The molecule has 0 saturated carbocycles. The van der Waals surface area contributed by atoms with Crippen LogP contribution < -0.4 is 63.8 Å². The van der Waals surface area contributed by atoms with Crippen LogP contribution in [-0.2, 0) is 181 Å². The summed E-state index contributed by atoms with van der Waals surface area (Å²) >= 11 is 0. The molecule has 146 heavy (non-hydrogen) atoms. The molecule has 2 unspecified atom stereocenters. The van der Waals surface area contributed by atoms with Gasteiger partial charge in [-0.25, -0.2) is 0 Å². The predicted octanol–water partition coefficient (Wildman–Crippen LogP) is -6.30. The quantitative estimate of drug-likeness (QED) is 0.0199. The van der Waals surface area contributed by atoms with E-state index in [9.17, 15) is 96.5 Å². The smallest absolute Gasteiger partial charge is 0.325 e. The van der Waals surface area contributed by atoms with E-state index in [-0.39, 0.29) is 131 Å². The minimum Gasteiger partial charge on any atom is -0.480 e. The molecule has 2 heterocycles. The number of unbranched alkanes of at least 4 members (excludes halogenated alkanes) is 2. The Morgan fingerprint density at radius 2 is 0.438 bits per heavy atom. The van der Waals surface area contributed by atoms with Crippen LogP contribution >= 0.6 is 0 Å². The zero-order chi connectivity index (χ0) is 108. The molecule has 2 aliphatic rings. The fraction of sp³-hybridized carbons (Fsp3) is 0.761. The maximum atomic E-state index is 14.5. The summed E-state index contributed by atoms with van der Waals surface area (Å²) in [5.74, 6) is -17.6. The number of hydrogen-bond donors (Lipinski definition) is 14.